The van der Waals surface area contributed by atoms with Gasteiger partial charge in [0.1, 0.15) is 11.9 Å². The zero-order valence-corrected chi connectivity index (χ0v) is 32.3. The maximum Gasteiger partial charge on any atom is 0.418 e. The highest BCUT2D eigenvalue weighted by molar-refractivity contribution is 9.10. The third kappa shape index (κ3) is 7.93. The van der Waals surface area contributed by atoms with Crippen molar-refractivity contribution in [2.24, 2.45) is 0 Å². The van der Waals surface area contributed by atoms with Gasteiger partial charge in [0.2, 0.25) is 11.6 Å². The quantitative estimate of drug-likeness (QED) is 0.163. The number of carbonyl (C=O) groups is 2. The van der Waals surface area contributed by atoms with Crippen LogP contribution in [0, 0.1) is 17.1 Å². The maximum absolute atomic E-state index is 13.7. The van der Waals surface area contributed by atoms with E-state index in [9.17, 15) is 27.2 Å². The van der Waals surface area contributed by atoms with Crippen molar-refractivity contribution >= 4 is 62.2 Å². The minimum absolute atomic E-state index is 0.0688. The summed E-state index contributed by atoms with van der Waals surface area (Å²) in [5, 5.41) is 24.9. The molecule has 2 amide bonds. The van der Waals surface area contributed by atoms with Crippen molar-refractivity contribution in [1.29, 1.82) is 5.26 Å². The van der Waals surface area contributed by atoms with E-state index in [1.54, 1.807) is 44.7 Å². The second-order valence-corrected chi connectivity index (χ2v) is 15.1. The van der Waals surface area contributed by atoms with Gasteiger partial charge >= 0.3 is 6.18 Å². The molecule has 2 aromatic carbocycles. The smallest absolute Gasteiger partial charge is 0.336 e. The summed E-state index contributed by atoms with van der Waals surface area (Å²) in [6.45, 7) is 1.69. The number of alkyl halides is 3. The van der Waals surface area contributed by atoms with Crippen LogP contribution in [0.5, 0.6) is 0 Å². The molecule has 4 aromatic heterocycles. The Labute approximate surface area is 335 Å². The molecule has 2 aliphatic heterocycles. The van der Waals surface area contributed by atoms with Crippen LogP contribution in [-0.4, -0.2) is 77.0 Å². The monoisotopic (exact) mass is 869 g/mol. The summed E-state index contributed by atoms with van der Waals surface area (Å²) in [6, 6.07) is 17.9. The van der Waals surface area contributed by atoms with E-state index in [1.807, 2.05) is 18.2 Å². The molecule has 56 heavy (non-hydrogen) atoms. The summed E-state index contributed by atoms with van der Waals surface area (Å²) >= 11 is 15.3. The fourth-order valence-electron chi connectivity index (χ4n) is 7.20. The molecule has 0 saturated carbocycles. The highest BCUT2D eigenvalue weighted by Crippen LogP contribution is 2.42. The lowest BCUT2D eigenvalue weighted by Crippen LogP contribution is -2.39. The van der Waals surface area contributed by atoms with E-state index in [0.29, 0.717) is 48.6 Å². The van der Waals surface area contributed by atoms with Gasteiger partial charge in [0, 0.05) is 43.0 Å². The van der Waals surface area contributed by atoms with E-state index in [-0.39, 0.29) is 58.2 Å². The molecule has 0 bridgehead atoms. The summed E-state index contributed by atoms with van der Waals surface area (Å²) in [5.41, 5.74) is 1.59. The fourth-order valence-corrected chi connectivity index (χ4v) is 8.11. The molecule has 6 heterocycles. The molecule has 0 aliphatic carbocycles. The normalized spacial score (nSPS) is 15.5. The Balaban J connectivity index is 0.000000173. The van der Waals surface area contributed by atoms with Gasteiger partial charge < -0.3 is 9.80 Å². The Morgan fingerprint density at radius 2 is 1.25 bits per heavy atom. The van der Waals surface area contributed by atoms with E-state index in [2.05, 4.69) is 36.3 Å². The lowest BCUT2D eigenvalue weighted by Gasteiger charge is -2.33. The molecule has 288 valence electrons. The molecule has 0 radical (unpaired) electrons. The number of rotatable bonds is 4. The molecular formula is C38H30BrCl2F4N9O2. The van der Waals surface area contributed by atoms with Crippen LogP contribution in [0.25, 0.3) is 11.3 Å². The molecule has 2 fully saturated rings. The Morgan fingerprint density at radius 1 is 0.732 bits per heavy atom. The Hall–Kier alpha value is -5.11. The number of aromatic nitrogens is 6. The van der Waals surface area contributed by atoms with Gasteiger partial charge in [-0.2, -0.15) is 18.4 Å². The standard InChI is InChI=1S/C20H15ClF3N5O.C18H15BrClFN4O/c21-15-3-1-2-14(17(15)20(22,23)24)13-6-8-28(9-7-13)19(30)18-27-26-16-5-4-12(10-25)11-29(16)18;19-12-4-5-15-22-23-17(25(15)10-12)18(26)24-8-6-11(7-9-24)13-2-1-3-14(21)16(13)20/h1-5,11,13H,6-9H2;1-5,10-11H,6-9H2. The minimum atomic E-state index is -4.54. The molecule has 2 saturated heterocycles. The Morgan fingerprint density at radius 3 is 1.82 bits per heavy atom. The van der Waals surface area contributed by atoms with Crippen molar-refractivity contribution in [3.8, 4) is 6.07 Å². The topological polar surface area (TPSA) is 125 Å². The first-order valence-electron chi connectivity index (χ1n) is 17.5. The van der Waals surface area contributed by atoms with Gasteiger partial charge in [-0.25, -0.2) is 4.39 Å². The third-order valence-electron chi connectivity index (χ3n) is 10.0. The summed E-state index contributed by atoms with van der Waals surface area (Å²) in [4.78, 5) is 29.1. The zero-order valence-electron chi connectivity index (χ0n) is 29.2. The molecule has 0 unspecified atom stereocenters. The van der Waals surface area contributed by atoms with Crippen LogP contribution in [0.4, 0.5) is 17.6 Å². The number of piperidine rings is 2. The molecule has 0 atom stereocenters. The molecular weight excluding hydrogens is 841 g/mol. The molecule has 8 rings (SSSR count). The van der Waals surface area contributed by atoms with Crippen LogP contribution in [0.3, 0.4) is 0 Å². The lowest BCUT2D eigenvalue weighted by molar-refractivity contribution is -0.138. The average Bonchev–Trinajstić information content (AvgIpc) is 3.82. The summed E-state index contributed by atoms with van der Waals surface area (Å²) in [6.07, 6.45) is 0.924. The fraction of sp³-hybridized carbons (Fsp3) is 0.289. The number of halogens is 7. The molecule has 2 aliphatic rings. The first kappa shape index (κ1) is 39.1. The Bertz CT molecular complexity index is 2490. The number of carbonyl (C=O) groups excluding carboxylic acids is 2. The maximum atomic E-state index is 13.7. The second-order valence-electron chi connectivity index (χ2n) is 13.4. The van der Waals surface area contributed by atoms with Crippen molar-refractivity contribution in [2.45, 2.75) is 43.7 Å². The van der Waals surface area contributed by atoms with Crippen molar-refractivity contribution < 1.29 is 27.2 Å². The predicted octanol–water partition coefficient (Wildman–Crippen LogP) is 8.60. The van der Waals surface area contributed by atoms with Crippen molar-refractivity contribution in [3.05, 3.63) is 127 Å². The van der Waals surface area contributed by atoms with Gasteiger partial charge in [-0.1, -0.05) is 47.5 Å². The van der Waals surface area contributed by atoms with Gasteiger partial charge in [0.25, 0.3) is 11.8 Å². The number of hydrogen-bond donors (Lipinski definition) is 0. The van der Waals surface area contributed by atoms with Crippen molar-refractivity contribution in [1.82, 2.24) is 39.0 Å². The van der Waals surface area contributed by atoms with Crippen LogP contribution in [0.2, 0.25) is 10.0 Å². The van der Waals surface area contributed by atoms with Crippen LogP contribution in [-0.2, 0) is 6.18 Å². The average molecular weight is 872 g/mol. The third-order valence-corrected chi connectivity index (χ3v) is 11.2. The van der Waals surface area contributed by atoms with Crippen LogP contribution in [0.15, 0.2) is 77.5 Å². The molecule has 6 aromatic rings. The summed E-state index contributed by atoms with van der Waals surface area (Å²) < 4.78 is 58.1. The number of pyridine rings is 2. The zero-order chi connectivity index (χ0) is 39.7. The van der Waals surface area contributed by atoms with Gasteiger partial charge in [-0.3, -0.25) is 18.4 Å². The highest BCUT2D eigenvalue weighted by atomic mass is 79.9. The second kappa shape index (κ2) is 16.2. The summed E-state index contributed by atoms with van der Waals surface area (Å²) in [5.74, 6) is -0.778. The molecule has 0 N–H and O–H groups in total. The van der Waals surface area contributed by atoms with Crippen LogP contribution >= 0.6 is 39.1 Å². The largest absolute Gasteiger partial charge is 0.418 e. The number of likely N-dealkylation sites (tertiary alicyclic amines) is 2. The van der Waals surface area contributed by atoms with Gasteiger partial charge in [-0.05, 0) is 101 Å². The number of fused-ring (bicyclic) bond motifs is 2. The number of nitriles is 1. The number of hydrogen-bond acceptors (Lipinski definition) is 7. The molecule has 0 spiro atoms. The van der Waals surface area contributed by atoms with Crippen LogP contribution in [0.1, 0.15) is 81.0 Å². The first-order valence-corrected chi connectivity index (χ1v) is 19.0. The van der Waals surface area contributed by atoms with Crippen LogP contribution < -0.4 is 0 Å². The predicted molar refractivity (Wildman–Crippen MR) is 202 cm³/mol. The van der Waals surface area contributed by atoms with E-state index in [1.165, 1.54) is 34.9 Å². The van der Waals surface area contributed by atoms with E-state index >= 15 is 0 Å². The molecule has 11 nitrogen and oxygen atoms in total. The van der Waals surface area contributed by atoms with E-state index in [4.69, 9.17) is 28.5 Å². The highest BCUT2D eigenvalue weighted by Gasteiger charge is 2.39. The number of amides is 2. The van der Waals surface area contributed by atoms with E-state index < -0.39 is 17.6 Å². The number of benzene rings is 2. The van der Waals surface area contributed by atoms with Gasteiger partial charge in [-0.15, -0.1) is 20.4 Å². The van der Waals surface area contributed by atoms with Gasteiger partial charge in [0.05, 0.1) is 21.2 Å². The molecule has 18 heteroatoms. The van der Waals surface area contributed by atoms with Crippen molar-refractivity contribution in [2.75, 3.05) is 26.2 Å². The first-order chi connectivity index (χ1) is 26.8. The number of nitrogens with zero attached hydrogens (tertiary/aromatic N) is 9. The lowest BCUT2D eigenvalue weighted by atomic mass is 9.86. The summed E-state index contributed by atoms with van der Waals surface area (Å²) in [7, 11) is 0. The SMILES string of the molecule is N#Cc1ccc2nnc(C(=O)N3CCC(c4cccc(Cl)c4C(F)(F)F)CC3)n2c1.O=C(c1nnc2ccc(Br)cn12)N1CCC(c2cccc(F)c2Cl)CC1. The van der Waals surface area contributed by atoms with Crippen molar-refractivity contribution in [3.63, 3.8) is 0 Å². The Kier molecular flexibility index (Phi) is 11.3. The minimum Gasteiger partial charge on any atom is -0.336 e. The van der Waals surface area contributed by atoms with E-state index in [0.717, 1.165) is 22.9 Å². The van der Waals surface area contributed by atoms with Gasteiger partial charge in [0.15, 0.2) is 11.3 Å².